The third kappa shape index (κ3) is 4.68. The predicted octanol–water partition coefficient (Wildman–Crippen LogP) is 7.14. The van der Waals surface area contributed by atoms with Crippen LogP contribution in [0.5, 0.6) is 11.5 Å². The maximum absolute atomic E-state index is 13.7. The van der Waals surface area contributed by atoms with Gasteiger partial charge in [-0.15, -0.1) is 11.3 Å². The predicted molar refractivity (Wildman–Crippen MR) is 141 cm³/mol. The van der Waals surface area contributed by atoms with Gasteiger partial charge in [0.25, 0.3) is 5.91 Å². The highest BCUT2D eigenvalue weighted by atomic mass is 32.1. The summed E-state index contributed by atoms with van der Waals surface area (Å²) < 4.78 is 48.0. The lowest BCUT2D eigenvalue weighted by atomic mass is 10.0. The number of fused-ring (bicyclic) bond motifs is 1. The van der Waals surface area contributed by atoms with Gasteiger partial charge in [-0.05, 0) is 65.5 Å². The standard InChI is InChI=1S/C28H17F3N4O3S/c29-28(30,31)19-12-18(17-2-1-9-32-15-17)13-21(14-19)34-16-25(36)35(27(34)37)20-3-5-22(6-4-20)38-24-7-10-33-23-8-11-39-26(23)24/h1-15H,16H2. The van der Waals surface area contributed by atoms with Crippen LogP contribution in [0, 0.1) is 0 Å². The molecular weight excluding hydrogens is 529 g/mol. The molecule has 0 radical (unpaired) electrons. The number of hydrogen-bond acceptors (Lipinski definition) is 6. The highest BCUT2D eigenvalue weighted by Gasteiger charge is 2.39. The number of halogens is 3. The van der Waals surface area contributed by atoms with E-state index in [1.807, 2.05) is 11.4 Å². The number of amides is 3. The van der Waals surface area contributed by atoms with E-state index in [-0.39, 0.29) is 16.9 Å². The van der Waals surface area contributed by atoms with Crippen LogP contribution in [-0.2, 0) is 11.0 Å². The first kappa shape index (κ1) is 24.6. The lowest BCUT2D eigenvalue weighted by molar-refractivity contribution is -0.137. The Hall–Kier alpha value is -4.77. The number of carbonyl (C=O) groups excluding carboxylic acids is 2. The highest BCUT2D eigenvalue weighted by molar-refractivity contribution is 7.17. The Bertz CT molecular complexity index is 1710. The Morgan fingerprint density at radius 3 is 2.46 bits per heavy atom. The van der Waals surface area contributed by atoms with E-state index >= 15 is 0 Å². The quantitative estimate of drug-likeness (QED) is 0.219. The van der Waals surface area contributed by atoms with Gasteiger partial charge in [0.15, 0.2) is 0 Å². The van der Waals surface area contributed by atoms with E-state index in [0.717, 1.165) is 32.1 Å². The number of pyridine rings is 2. The van der Waals surface area contributed by atoms with Crippen LogP contribution in [0.15, 0.2) is 90.7 Å². The summed E-state index contributed by atoms with van der Waals surface area (Å²) in [7, 11) is 0. The summed E-state index contributed by atoms with van der Waals surface area (Å²) in [5, 5.41) is 1.91. The summed E-state index contributed by atoms with van der Waals surface area (Å²) in [6.07, 6.45) is -0.0720. The van der Waals surface area contributed by atoms with E-state index in [0.29, 0.717) is 17.1 Å². The van der Waals surface area contributed by atoms with Crippen LogP contribution in [0.1, 0.15) is 5.56 Å². The molecular formula is C28H17F3N4O3S. The molecule has 0 bridgehead atoms. The lowest BCUT2D eigenvalue weighted by Crippen LogP contribution is -2.33. The number of rotatable bonds is 5. The van der Waals surface area contributed by atoms with E-state index in [1.54, 1.807) is 48.7 Å². The van der Waals surface area contributed by atoms with Crippen molar-refractivity contribution >= 4 is 44.9 Å². The van der Waals surface area contributed by atoms with E-state index < -0.39 is 30.2 Å². The summed E-state index contributed by atoms with van der Waals surface area (Å²) in [5.41, 5.74) is 0.782. The number of hydrogen-bond donors (Lipinski definition) is 0. The van der Waals surface area contributed by atoms with Crippen LogP contribution in [0.4, 0.5) is 29.3 Å². The summed E-state index contributed by atoms with van der Waals surface area (Å²) in [4.78, 5) is 36.4. The molecule has 1 aliphatic rings. The second-order valence-corrected chi connectivity index (χ2v) is 9.56. The molecule has 0 atom stereocenters. The molecule has 1 fully saturated rings. The second kappa shape index (κ2) is 9.52. The van der Waals surface area contributed by atoms with Gasteiger partial charge in [-0.25, -0.2) is 9.69 Å². The number of urea groups is 1. The minimum absolute atomic E-state index is 0.0397. The molecule has 1 aliphatic heterocycles. The SMILES string of the molecule is O=C1CN(c2cc(-c3cccnc3)cc(C(F)(F)F)c2)C(=O)N1c1ccc(Oc2ccnc3ccsc23)cc1. The largest absolute Gasteiger partial charge is 0.456 e. The van der Waals surface area contributed by atoms with Gasteiger partial charge in [0.2, 0.25) is 0 Å². The highest BCUT2D eigenvalue weighted by Crippen LogP contribution is 2.38. The fraction of sp³-hybridized carbons (Fsp3) is 0.0714. The van der Waals surface area contributed by atoms with E-state index in [1.165, 1.54) is 29.8 Å². The van der Waals surface area contributed by atoms with Crippen molar-refractivity contribution in [1.29, 1.82) is 0 Å². The number of carbonyl (C=O) groups is 2. The minimum Gasteiger partial charge on any atom is -0.456 e. The summed E-state index contributed by atoms with van der Waals surface area (Å²) in [5.74, 6) is 0.536. The van der Waals surface area contributed by atoms with Crippen molar-refractivity contribution < 1.29 is 27.5 Å². The zero-order valence-electron chi connectivity index (χ0n) is 19.9. The van der Waals surface area contributed by atoms with Crippen LogP contribution >= 0.6 is 11.3 Å². The average Bonchev–Trinajstić information content (AvgIpc) is 3.53. The normalized spacial score (nSPS) is 13.9. The molecule has 1 saturated heterocycles. The maximum Gasteiger partial charge on any atom is 0.416 e. The number of ether oxygens (including phenoxy) is 1. The van der Waals surface area contributed by atoms with Crippen molar-refractivity contribution in [3.8, 4) is 22.6 Å². The Morgan fingerprint density at radius 1 is 0.897 bits per heavy atom. The van der Waals surface area contributed by atoms with Gasteiger partial charge < -0.3 is 4.74 Å². The molecule has 3 amide bonds. The number of nitrogens with zero attached hydrogens (tertiary/aromatic N) is 4. The molecule has 3 aromatic heterocycles. The molecule has 11 heteroatoms. The Kier molecular flexibility index (Phi) is 5.99. The van der Waals surface area contributed by atoms with Gasteiger partial charge in [0, 0.05) is 35.9 Å². The molecule has 0 spiro atoms. The molecule has 39 heavy (non-hydrogen) atoms. The maximum atomic E-state index is 13.7. The summed E-state index contributed by atoms with van der Waals surface area (Å²) >= 11 is 1.49. The molecule has 0 unspecified atom stereocenters. The van der Waals surface area contributed by atoms with E-state index in [2.05, 4.69) is 9.97 Å². The van der Waals surface area contributed by atoms with E-state index in [9.17, 15) is 22.8 Å². The first-order valence-electron chi connectivity index (χ1n) is 11.7. The molecule has 194 valence electrons. The molecule has 7 nitrogen and oxygen atoms in total. The smallest absolute Gasteiger partial charge is 0.416 e. The van der Waals surface area contributed by atoms with Crippen molar-refractivity contribution in [2.45, 2.75) is 6.18 Å². The van der Waals surface area contributed by atoms with Crippen LogP contribution in [0.25, 0.3) is 21.3 Å². The van der Waals surface area contributed by atoms with Crippen LogP contribution in [-0.4, -0.2) is 28.5 Å². The monoisotopic (exact) mass is 546 g/mol. The van der Waals surface area contributed by atoms with Gasteiger partial charge >= 0.3 is 12.2 Å². The van der Waals surface area contributed by atoms with Crippen LogP contribution in [0.3, 0.4) is 0 Å². The van der Waals surface area contributed by atoms with E-state index in [4.69, 9.17) is 4.74 Å². The minimum atomic E-state index is -4.65. The van der Waals surface area contributed by atoms with Crippen LogP contribution in [0.2, 0.25) is 0 Å². The zero-order valence-corrected chi connectivity index (χ0v) is 20.7. The second-order valence-electron chi connectivity index (χ2n) is 8.65. The Balaban J connectivity index is 1.28. The number of thiophene rings is 1. The van der Waals surface area contributed by atoms with Gasteiger partial charge in [0.1, 0.15) is 18.0 Å². The van der Waals surface area contributed by atoms with Crippen molar-refractivity contribution in [2.24, 2.45) is 0 Å². The Labute approximate surface area is 223 Å². The number of anilines is 2. The van der Waals surface area contributed by atoms with Gasteiger partial charge in [-0.2, -0.15) is 13.2 Å². The summed E-state index contributed by atoms with van der Waals surface area (Å²) in [6, 6.07) is 15.7. The first-order valence-corrected chi connectivity index (χ1v) is 12.5. The number of imide groups is 1. The summed E-state index contributed by atoms with van der Waals surface area (Å²) in [6.45, 7) is -0.405. The topological polar surface area (TPSA) is 75.6 Å². The van der Waals surface area contributed by atoms with Gasteiger partial charge in [-0.3, -0.25) is 19.7 Å². The molecule has 5 aromatic rings. The third-order valence-corrected chi connectivity index (χ3v) is 7.07. The first-order chi connectivity index (χ1) is 18.8. The molecule has 0 aliphatic carbocycles. The number of aromatic nitrogens is 2. The molecule has 4 heterocycles. The Morgan fingerprint density at radius 2 is 1.72 bits per heavy atom. The fourth-order valence-corrected chi connectivity index (χ4v) is 5.11. The van der Waals surface area contributed by atoms with Crippen LogP contribution < -0.4 is 14.5 Å². The van der Waals surface area contributed by atoms with Crippen molar-refractivity contribution in [1.82, 2.24) is 9.97 Å². The van der Waals surface area contributed by atoms with Crippen molar-refractivity contribution in [3.63, 3.8) is 0 Å². The van der Waals surface area contributed by atoms with Gasteiger partial charge in [0.05, 0.1) is 21.5 Å². The zero-order chi connectivity index (χ0) is 27.1. The fourth-order valence-electron chi connectivity index (χ4n) is 4.31. The average molecular weight is 547 g/mol. The number of alkyl halides is 3. The van der Waals surface area contributed by atoms with Crippen molar-refractivity contribution in [3.05, 3.63) is 96.3 Å². The molecule has 0 saturated carbocycles. The molecule has 6 rings (SSSR count). The van der Waals surface area contributed by atoms with Gasteiger partial charge in [-0.1, -0.05) is 6.07 Å². The number of benzene rings is 2. The molecule has 2 aromatic carbocycles. The van der Waals surface area contributed by atoms with Crippen molar-refractivity contribution in [2.75, 3.05) is 16.3 Å². The lowest BCUT2D eigenvalue weighted by Gasteiger charge is -2.20. The molecule has 0 N–H and O–H groups in total. The third-order valence-electron chi connectivity index (χ3n) is 6.15.